The molecule has 0 bridgehead atoms. The van der Waals surface area contributed by atoms with Gasteiger partial charge in [0.2, 0.25) is 0 Å². The summed E-state index contributed by atoms with van der Waals surface area (Å²) in [4.78, 5) is 31.1. The zero-order valence-electron chi connectivity index (χ0n) is 15.2. The molecule has 18 heteroatoms. The van der Waals surface area contributed by atoms with Gasteiger partial charge in [0.25, 0.3) is 0 Å². The molecular weight excluding hydrogens is 1100 g/mol. The molecule has 0 saturated carbocycles. The fourth-order valence-electron chi connectivity index (χ4n) is 2.00. The van der Waals surface area contributed by atoms with Gasteiger partial charge >= 0.3 is 44.0 Å². The van der Waals surface area contributed by atoms with Gasteiger partial charge in [0.05, 0.1) is 0 Å². The third-order valence-electron chi connectivity index (χ3n) is 2.62. The van der Waals surface area contributed by atoms with E-state index in [0.29, 0.717) is 0 Å². The molecule has 1 aliphatic heterocycles. The van der Waals surface area contributed by atoms with Gasteiger partial charge in [0, 0.05) is 140 Å². The SMILES string of the molecule is CO[Si]1(C)O[Si](C)(O)O[Si](C)(O)O[Si](C)(OC)O[Si](C)(O)O1.[U].[U].[U]. The van der Waals surface area contributed by atoms with Gasteiger partial charge in [0.15, 0.2) is 0 Å². The predicted molar refractivity (Wildman–Crippen MR) is 84.2 cm³/mol. The van der Waals surface area contributed by atoms with Crippen LogP contribution < -0.4 is 0 Å². The number of hydrogen-bond acceptors (Lipinski definition) is 10. The zero-order chi connectivity index (χ0) is 17.4. The van der Waals surface area contributed by atoms with Gasteiger partial charge in [-0.25, -0.2) is 0 Å². The van der Waals surface area contributed by atoms with Gasteiger partial charge in [-0.3, -0.25) is 0 Å². The Bertz CT molecular complexity index is 386. The van der Waals surface area contributed by atoms with Gasteiger partial charge in [-0.05, 0) is 0 Å². The molecule has 0 radical (unpaired) electrons. The van der Waals surface area contributed by atoms with Crippen molar-refractivity contribution in [3.63, 3.8) is 0 Å². The van der Waals surface area contributed by atoms with E-state index in [4.69, 9.17) is 29.4 Å². The fraction of sp³-hybridized carbons (Fsp3) is 1.00. The molecule has 1 heterocycles. The van der Waals surface area contributed by atoms with Crippen LogP contribution in [0.2, 0.25) is 32.7 Å². The van der Waals surface area contributed by atoms with Crippen molar-refractivity contribution in [1.29, 1.82) is 0 Å². The Hall–Kier alpha value is 3.84. The van der Waals surface area contributed by atoms with Crippen molar-refractivity contribution in [1.82, 2.24) is 0 Å². The van der Waals surface area contributed by atoms with Crippen LogP contribution in [0.3, 0.4) is 0 Å². The van der Waals surface area contributed by atoms with Crippen molar-refractivity contribution in [3.05, 3.63) is 0 Å². The van der Waals surface area contributed by atoms with Gasteiger partial charge in [-0.1, -0.05) is 0 Å². The van der Waals surface area contributed by atoms with Crippen LogP contribution in [0.25, 0.3) is 0 Å². The van der Waals surface area contributed by atoms with Crippen LogP contribution in [0.4, 0.5) is 0 Å². The summed E-state index contributed by atoms with van der Waals surface area (Å²) in [6.45, 7) is 6.91. The Morgan fingerprint density at radius 2 is 0.720 bits per heavy atom. The summed E-state index contributed by atoms with van der Waals surface area (Å²) in [5, 5.41) is 0. The van der Waals surface area contributed by atoms with Crippen molar-refractivity contribution in [2.24, 2.45) is 0 Å². The monoisotopic (exact) mass is 1120 g/mol. The molecule has 0 aromatic rings. The Labute approximate surface area is 224 Å². The van der Waals surface area contributed by atoms with Crippen LogP contribution in [0.1, 0.15) is 0 Å². The number of rotatable bonds is 2. The first-order chi connectivity index (χ1) is 9.66. The van der Waals surface area contributed by atoms with Crippen LogP contribution in [-0.2, 0) is 29.4 Å². The summed E-state index contributed by atoms with van der Waals surface area (Å²) in [7, 11) is -15.7. The van der Waals surface area contributed by atoms with Gasteiger partial charge in [-0.15, -0.1) is 0 Å². The standard InChI is InChI=1S/C7H24O10Si5.3U/c1-11-21(6)14-18(3,8)13-19(4,9)15-22(7,12-2)17-20(5,10)16-21;;;/h8-10H,1-7H3;;;. The molecule has 144 valence electrons. The Morgan fingerprint density at radius 1 is 0.520 bits per heavy atom. The van der Waals surface area contributed by atoms with Crippen molar-refractivity contribution in [2.45, 2.75) is 32.7 Å². The molecule has 1 fully saturated rings. The normalized spacial score (nSPS) is 45.4. The Kier molecular flexibility index (Phi) is 16.1. The quantitative estimate of drug-likeness (QED) is 0.303. The molecule has 0 aromatic heterocycles. The summed E-state index contributed by atoms with van der Waals surface area (Å²) in [5.41, 5.74) is 0. The average molecular weight is 1120 g/mol. The molecule has 1 rings (SSSR count). The van der Waals surface area contributed by atoms with E-state index in [2.05, 4.69) is 0 Å². The van der Waals surface area contributed by atoms with Crippen LogP contribution in [0, 0.1) is 93.3 Å². The first-order valence-corrected chi connectivity index (χ1v) is 17.7. The minimum atomic E-state index is -3.84. The largest absolute Gasteiger partial charge is 0.482 e. The number of hydrogen-bond donors (Lipinski definition) is 3. The maximum atomic E-state index is 10.4. The van der Waals surface area contributed by atoms with Crippen molar-refractivity contribution in [2.75, 3.05) is 14.2 Å². The Balaban J connectivity index is -0.00000161. The van der Waals surface area contributed by atoms with E-state index >= 15 is 0 Å². The molecule has 3 N–H and O–H groups in total. The maximum absolute atomic E-state index is 10.4. The van der Waals surface area contributed by atoms with Crippen molar-refractivity contribution >= 4 is 44.0 Å². The molecule has 25 heavy (non-hydrogen) atoms. The van der Waals surface area contributed by atoms with Gasteiger partial charge < -0.3 is 43.8 Å². The van der Waals surface area contributed by atoms with E-state index in [9.17, 15) is 14.4 Å². The topological polar surface area (TPSA) is 125 Å². The van der Waals surface area contributed by atoms with Crippen LogP contribution >= 0.6 is 0 Å². The first-order valence-electron chi connectivity index (χ1n) is 6.44. The molecule has 1 saturated heterocycles. The average Bonchev–Trinajstić information content (AvgIpc) is 2.22. The fourth-order valence-corrected chi connectivity index (χ4v) is 19.9. The van der Waals surface area contributed by atoms with Gasteiger partial charge in [-0.2, -0.15) is 0 Å². The van der Waals surface area contributed by atoms with Crippen LogP contribution in [0.15, 0.2) is 0 Å². The summed E-state index contributed by atoms with van der Waals surface area (Å²) in [6.07, 6.45) is 0. The van der Waals surface area contributed by atoms with E-state index in [0.717, 1.165) is 0 Å². The summed E-state index contributed by atoms with van der Waals surface area (Å²) in [6, 6.07) is 0. The second kappa shape index (κ2) is 12.0. The first kappa shape index (κ1) is 33.5. The third-order valence-corrected chi connectivity index (χ3v) is 19.1. The second-order valence-corrected chi connectivity index (χ2v) is 19.1. The molecule has 4 unspecified atom stereocenters. The Morgan fingerprint density at radius 3 is 0.920 bits per heavy atom. The second-order valence-electron chi connectivity index (χ2n) is 5.34. The molecule has 4 atom stereocenters. The van der Waals surface area contributed by atoms with Crippen molar-refractivity contribution in [3.8, 4) is 0 Å². The molecule has 0 spiro atoms. The van der Waals surface area contributed by atoms with Gasteiger partial charge in [0.1, 0.15) is 0 Å². The van der Waals surface area contributed by atoms with Crippen molar-refractivity contribution < 1.29 is 137 Å². The van der Waals surface area contributed by atoms with E-state index in [1.807, 2.05) is 0 Å². The third kappa shape index (κ3) is 11.7. The summed E-state index contributed by atoms with van der Waals surface area (Å²) < 4.78 is 37.7. The maximum Gasteiger partial charge on any atom is 0.482 e. The summed E-state index contributed by atoms with van der Waals surface area (Å²) in [5.74, 6) is 0. The predicted octanol–water partition coefficient (Wildman–Crippen LogP) is -0.804. The minimum Gasteiger partial charge on any atom is -0.391 e. The van der Waals surface area contributed by atoms with E-state index in [1.165, 1.54) is 47.0 Å². The minimum absolute atomic E-state index is 0. The van der Waals surface area contributed by atoms with E-state index in [-0.39, 0.29) is 93.3 Å². The van der Waals surface area contributed by atoms with Crippen LogP contribution in [0.5, 0.6) is 0 Å². The van der Waals surface area contributed by atoms with Crippen LogP contribution in [-0.4, -0.2) is 72.6 Å². The molecule has 10 nitrogen and oxygen atoms in total. The molecule has 0 aliphatic carbocycles. The van der Waals surface area contributed by atoms with E-state index in [1.54, 1.807) is 0 Å². The summed E-state index contributed by atoms with van der Waals surface area (Å²) >= 11 is 0. The molecule has 0 amide bonds. The molecular formula is C7H24O10Si5U3. The smallest absolute Gasteiger partial charge is 0.391 e. The molecule has 0 aromatic carbocycles. The molecule has 1 aliphatic rings. The van der Waals surface area contributed by atoms with E-state index < -0.39 is 44.0 Å². The zero-order valence-corrected chi connectivity index (χ0v) is 32.7.